The summed E-state index contributed by atoms with van der Waals surface area (Å²) in [5.74, 6) is 0.776. The fourth-order valence-electron chi connectivity index (χ4n) is 3.86. The Hall–Kier alpha value is -0.653. The first-order valence-electron chi connectivity index (χ1n) is 11.1. The molecule has 0 amide bonds. The molecule has 0 saturated heterocycles. The van der Waals surface area contributed by atoms with Gasteiger partial charge in [0.2, 0.25) is 0 Å². The molecule has 0 aliphatic heterocycles. The molecule has 0 spiro atoms. The smallest absolute Gasteiger partial charge is 0.326 e. The molecule has 164 valence electrons. The van der Waals surface area contributed by atoms with Crippen molar-refractivity contribution >= 4 is 14.3 Å². The second-order valence-corrected chi connectivity index (χ2v) is 14.8. The number of likely N-dealkylation sites (N-methyl/N-ethyl adjacent to an activating group) is 1. The van der Waals surface area contributed by atoms with Crippen LogP contribution in [0.25, 0.3) is 0 Å². The largest absolute Gasteiger partial charge is 0.464 e. The van der Waals surface area contributed by atoms with Crippen LogP contribution in [0.5, 0.6) is 0 Å². The molecule has 1 atom stereocenters. The Bertz CT molecular complexity index is 493. The normalized spacial score (nSPS) is 23.1. The third kappa shape index (κ3) is 6.43. The molecule has 5 heteroatoms. The van der Waals surface area contributed by atoms with E-state index in [0.29, 0.717) is 18.9 Å². The number of unbranched alkanes of at least 4 members (excludes halogenated alkanes) is 1. The molecule has 0 radical (unpaired) electrons. The van der Waals surface area contributed by atoms with E-state index in [4.69, 9.17) is 9.16 Å². The van der Waals surface area contributed by atoms with Crippen LogP contribution >= 0.6 is 0 Å². The van der Waals surface area contributed by atoms with Crippen molar-refractivity contribution < 1.29 is 14.0 Å². The number of rotatable bonds is 11. The first kappa shape index (κ1) is 25.4. The van der Waals surface area contributed by atoms with Crippen LogP contribution < -0.4 is 5.32 Å². The summed E-state index contributed by atoms with van der Waals surface area (Å²) in [5, 5.41) is 3.58. The zero-order valence-electron chi connectivity index (χ0n) is 19.5. The molecule has 0 heterocycles. The maximum absolute atomic E-state index is 13.0. The van der Waals surface area contributed by atoms with Gasteiger partial charge in [-0.2, -0.15) is 0 Å². The van der Waals surface area contributed by atoms with Gasteiger partial charge in [0, 0.05) is 6.61 Å². The van der Waals surface area contributed by atoms with E-state index < -0.39 is 13.9 Å². The number of carbonyl (C=O) groups is 1. The zero-order valence-corrected chi connectivity index (χ0v) is 20.5. The van der Waals surface area contributed by atoms with E-state index in [0.717, 1.165) is 45.1 Å². The molecule has 28 heavy (non-hydrogen) atoms. The fourth-order valence-corrected chi connectivity index (χ4v) is 4.94. The minimum Gasteiger partial charge on any atom is -0.464 e. The number of carbonyl (C=O) groups excluding carboxylic acids is 1. The van der Waals surface area contributed by atoms with Gasteiger partial charge in [-0.1, -0.05) is 40.2 Å². The number of hydrogen-bond donors (Lipinski definition) is 1. The van der Waals surface area contributed by atoms with Gasteiger partial charge in [-0.25, -0.2) is 0 Å². The van der Waals surface area contributed by atoms with Gasteiger partial charge in [0.15, 0.2) is 8.32 Å². The second kappa shape index (κ2) is 10.9. The summed E-state index contributed by atoms with van der Waals surface area (Å²) < 4.78 is 12.1. The van der Waals surface area contributed by atoms with E-state index in [2.05, 4.69) is 52.7 Å². The van der Waals surface area contributed by atoms with Gasteiger partial charge in [-0.15, -0.1) is 6.58 Å². The van der Waals surface area contributed by atoms with Gasteiger partial charge < -0.3 is 14.5 Å². The van der Waals surface area contributed by atoms with Crippen molar-refractivity contribution in [3.05, 3.63) is 12.7 Å². The van der Waals surface area contributed by atoms with Crippen molar-refractivity contribution in [1.29, 1.82) is 0 Å². The van der Waals surface area contributed by atoms with Gasteiger partial charge in [-0.05, 0) is 75.5 Å². The van der Waals surface area contributed by atoms with E-state index >= 15 is 0 Å². The van der Waals surface area contributed by atoms with Crippen molar-refractivity contribution in [2.24, 2.45) is 11.8 Å². The van der Waals surface area contributed by atoms with Crippen LogP contribution in [-0.4, -0.2) is 40.1 Å². The van der Waals surface area contributed by atoms with E-state index in [1.807, 2.05) is 13.1 Å². The molecular formula is C23H45NO3Si. The van der Waals surface area contributed by atoms with Crippen molar-refractivity contribution in [2.45, 2.75) is 96.3 Å². The molecule has 1 N–H and O–H groups in total. The zero-order chi connectivity index (χ0) is 21.4. The summed E-state index contributed by atoms with van der Waals surface area (Å²) in [7, 11) is 0.188. The first-order chi connectivity index (χ1) is 13.0. The Balaban J connectivity index is 2.70. The molecule has 1 aliphatic rings. The summed E-state index contributed by atoms with van der Waals surface area (Å²) in [6, 6.07) is 0. The first-order valence-corrected chi connectivity index (χ1v) is 14.1. The minimum atomic E-state index is -1.70. The minimum absolute atomic E-state index is 0.107. The molecule has 0 aromatic carbocycles. The quantitative estimate of drug-likeness (QED) is 0.205. The molecule has 1 unspecified atom stereocenters. The predicted octanol–water partition coefficient (Wildman–Crippen LogP) is 5.69. The Morgan fingerprint density at radius 1 is 1.21 bits per heavy atom. The number of nitrogens with one attached hydrogen (secondary N) is 1. The third-order valence-electron chi connectivity index (χ3n) is 7.04. The van der Waals surface area contributed by atoms with Gasteiger partial charge in [-0.3, -0.25) is 4.79 Å². The highest BCUT2D eigenvalue weighted by Gasteiger charge is 2.46. The molecule has 0 aromatic rings. The lowest BCUT2D eigenvalue weighted by Crippen LogP contribution is -2.57. The second-order valence-electron chi connectivity index (χ2n) is 9.99. The van der Waals surface area contributed by atoms with Crippen LogP contribution in [0.15, 0.2) is 12.7 Å². The molecule has 1 rings (SSSR count). The number of hydrogen-bond acceptors (Lipinski definition) is 4. The van der Waals surface area contributed by atoms with Gasteiger partial charge in [0.05, 0.1) is 6.61 Å². The van der Waals surface area contributed by atoms with Crippen molar-refractivity contribution in [3.8, 4) is 0 Å². The van der Waals surface area contributed by atoms with Crippen LogP contribution in [0.1, 0.15) is 72.6 Å². The Morgan fingerprint density at radius 3 is 2.29 bits per heavy atom. The lowest BCUT2D eigenvalue weighted by molar-refractivity contribution is -0.155. The SMILES string of the molecule is C=CCC(NC)(C(=O)OCCCC)C1CCC(CO[Si](C)(C)C(C)(C)C)CC1. The van der Waals surface area contributed by atoms with Crippen LogP contribution in [0.3, 0.4) is 0 Å². The Labute approximate surface area is 175 Å². The average molecular weight is 412 g/mol. The van der Waals surface area contributed by atoms with Crippen LogP contribution in [0, 0.1) is 11.8 Å². The Kier molecular flexibility index (Phi) is 9.91. The van der Waals surface area contributed by atoms with Crippen LogP contribution in [0.2, 0.25) is 18.1 Å². The third-order valence-corrected chi connectivity index (χ3v) is 11.5. The lowest BCUT2D eigenvalue weighted by atomic mass is 9.70. The number of ether oxygens (including phenoxy) is 1. The standard InChI is InChI=1S/C23H45NO3Si/c1-9-11-17-26-21(25)23(24-6,16-10-2)20-14-12-19(13-15-20)18-27-28(7,8)22(3,4)5/h10,19-20,24H,2,9,11-18H2,1,3-8H3. The molecule has 4 nitrogen and oxygen atoms in total. The molecule has 1 saturated carbocycles. The summed E-state index contributed by atoms with van der Waals surface area (Å²) in [5.41, 5.74) is -0.638. The summed E-state index contributed by atoms with van der Waals surface area (Å²) in [6.45, 7) is 18.9. The molecule has 1 aliphatic carbocycles. The molecule has 1 fully saturated rings. The van der Waals surface area contributed by atoms with Crippen molar-refractivity contribution in [1.82, 2.24) is 5.32 Å². The summed E-state index contributed by atoms with van der Waals surface area (Å²) in [4.78, 5) is 13.0. The lowest BCUT2D eigenvalue weighted by Gasteiger charge is -2.42. The highest BCUT2D eigenvalue weighted by atomic mass is 28.4. The van der Waals surface area contributed by atoms with E-state index in [1.165, 1.54) is 0 Å². The van der Waals surface area contributed by atoms with Gasteiger partial charge >= 0.3 is 5.97 Å². The topological polar surface area (TPSA) is 47.6 Å². The van der Waals surface area contributed by atoms with Crippen LogP contribution in [0.4, 0.5) is 0 Å². The highest BCUT2D eigenvalue weighted by molar-refractivity contribution is 6.74. The fraction of sp³-hybridized carbons (Fsp3) is 0.870. The highest BCUT2D eigenvalue weighted by Crippen LogP contribution is 2.40. The summed E-state index contributed by atoms with van der Waals surface area (Å²) >= 11 is 0. The molecular weight excluding hydrogens is 366 g/mol. The van der Waals surface area contributed by atoms with E-state index in [9.17, 15) is 4.79 Å². The summed E-state index contributed by atoms with van der Waals surface area (Å²) in [6.07, 6.45) is 8.70. The molecule has 0 aromatic heterocycles. The van der Waals surface area contributed by atoms with Gasteiger partial charge in [0.1, 0.15) is 5.54 Å². The predicted molar refractivity (Wildman–Crippen MR) is 121 cm³/mol. The van der Waals surface area contributed by atoms with Gasteiger partial charge in [0.25, 0.3) is 0 Å². The van der Waals surface area contributed by atoms with E-state index in [1.54, 1.807) is 0 Å². The van der Waals surface area contributed by atoms with Crippen LogP contribution in [-0.2, 0) is 14.0 Å². The number of esters is 1. The Morgan fingerprint density at radius 2 is 1.82 bits per heavy atom. The average Bonchev–Trinajstić information content (AvgIpc) is 2.64. The van der Waals surface area contributed by atoms with Crippen molar-refractivity contribution in [3.63, 3.8) is 0 Å². The molecule has 0 bridgehead atoms. The maximum atomic E-state index is 13.0. The van der Waals surface area contributed by atoms with E-state index in [-0.39, 0.29) is 16.9 Å². The van der Waals surface area contributed by atoms with Crippen molar-refractivity contribution in [2.75, 3.05) is 20.3 Å². The maximum Gasteiger partial charge on any atom is 0.326 e. The monoisotopic (exact) mass is 411 g/mol.